The molecular weight excluding hydrogens is 328 g/mol. The monoisotopic (exact) mass is 362 g/mol. The van der Waals surface area contributed by atoms with Crippen molar-refractivity contribution in [1.82, 2.24) is 9.80 Å². The van der Waals surface area contributed by atoms with Crippen molar-refractivity contribution in [3.05, 3.63) is 29.8 Å². The highest BCUT2D eigenvalue weighted by Gasteiger charge is 2.47. The van der Waals surface area contributed by atoms with Gasteiger partial charge in [-0.05, 0) is 49.0 Å². The lowest BCUT2D eigenvalue weighted by molar-refractivity contribution is 0.0348. The van der Waals surface area contributed by atoms with Gasteiger partial charge in [0.05, 0.1) is 20.3 Å². The molecule has 1 spiro atoms. The molecule has 2 aliphatic rings. The van der Waals surface area contributed by atoms with E-state index in [2.05, 4.69) is 34.1 Å². The van der Waals surface area contributed by atoms with Gasteiger partial charge in [-0.25, -0.2) is 0 Å². The van der Waals surface area contributed by atoms with Gasteiger partial charge >= 0.3 is 0 Å². The molecule has 3 rings (SSSR count). The molecule has 1 aromatic rings. The number of hydrogen-bond acceptors (Lipinski definition) is 5. The highest BCUT2D eigenvalue weighted by atomic mass is 16.5. The average Bonchev–Trinajstić information content (AvgIpc) is 3.00. The number of hydrogen-bond donors (Lipinski definition) is 0. The van der Waals surface area contributed by atoms with Crippen molar-refractivity contribution in [1.29, 1.82) is 0 Å². The van der Waals surface area contributed by atoms with Crippen LogP contribution in [0.3, 0.4) is 0 Å². The lowest BCUT2D eigenvalue weighted by atomic mass is 9.71. The normalized spacial score (nSPS) is 23.6. The Kier molecular flexibility index (Phi) is 6.92. The molecule has 5 nitrogen and oxygen atoms in total. The zero-order chi connectivity index (χ0) is 18.4. The predicted octanol–water partition coefficient (Wildman–Crippen LogP) is 2.50. The zero-order valence-corrected chi connectivity index (χ0v) is 16.6. The smallest absolute Gasteiger partial charge is 0.118 e. The second kappa shape index (κ2) is 9.18. The maximum Gasteiger partial charge on any atom is 0.118 e. The van der Waals surface area contributed by atoms with Crippen molar-refractivity contribution < 1.29 is 14.2 Å². The van der Waals surface area contributed by atoms with Crippen LogP contribution >= 0.6 is 0 Å². The van der Waals surface area contributed by atoms with Crippen molar-refractivity contribution >= 4 is 0 Å². The number of piperidine rings is 1. The van der Waals surface area contributed by atoms with Crippen LogP contribution in [0.15, 0.2) is 24.3 Å². The molecule has 0 aromatic heterocycles. The van der Waals surface area contributed by atoms with E-state index in [4.69, 9.17) is 14.2 Å². The summed E-state index contributed by atoms with van der Waals surface area (Å²) < 4.78 is 16.1. The Morgan fingerprint density at radius 2 is 1.73 bits per heavy atom. The number of likely N-dealkylation sites (tertiary alicyclic amines) is 2. The van der Waals surface area contributed by atoms with E-state index in [0.29, 0.717) is 11.3 Å². The maximum absolute atomic E-state index is 5.57. The molecule has 26 heavy (non-hydrogen) atoms. The Labute approximate surface area is 158 Å². The Morgan fingerprint density at radius 3 is 2.35 bits per heavy atom. The van der Waals surface area contributed by atoms with Gasteiger partial charge in [-0.3, -0.25) is 4.90 Å². The summed E-state index contributed by atoms with van der Waals surface area (Å²) >= 11 is 0. The summed E-state index contributed by atoms with van der Waals surface area (Å²) in [5, 5.41) is 0. The largest absolute Gasteiger partial charge is 0.497 e. The summed E-state index contributed by atoms with van der Waals surface area (Å²) in [5.74, 6) is 1.57. The molecule has 1 atom stereocenters. The van der Waals surface area contributed by atoms with Gasteiger partial charge in [0.25, 0.3) is 0 Å². The lowest BCUT2D eigenvalue weighted by Gasteiger charge is -2.42. The van der Waals surface area contributed by atoms with Crippen molar-refractivity contribution in [2.24, 2.45) is 11.3 Å². The molecule has 0 amide bonds. The Hall–Kier alpha value is -1.14. The highest BCUT2D eigenvalue weighted by Crippen LogP contribution is 2.44. The van der Waals surface area contributed by atoms with Crippen molar-refractivity contribution in [3.8, 4) is 5.75 Å². The number of rotatable bonds is 8. The van der Waals surface area contributed by atoms with Gasteiger partial charge in [0.15, 0.2) is 0 Å². The fraction of sp³-hybridized carbons (Fsp3) is 0.714. The van der Waals surface area contributed by atoms with Gasteiger partial charge in [0.1, 0.15) is 5.75 Å². The van der Waals surface area contributed by atoms with Gasteiger partial charge in [-0.1, -0.05) is 12.1 Å². The van der Waals surface area contributed by atoms with Crippen LogP contribution in [-0.2, 0) is 16.0 Å². The second-order valence-corrected chi connectivity index (χ2v) is 7.87. The van der Waals surface area contributed by atoms with Gasteiger partial charge < -0.3 is 19.1 Å². The Balaban J connectivity index is 1.56. The first-order valence-corrected chi connectivity index (χ1v) is 9.74. The standard InChI is InChI=1S/C21H34N2O3/c1-24-13-12-23-15-19(16-25-2)21(17-23)8-10-22(11-9-21)14-18-4-6-20(26-3)7-5-18/h4-7,19H,8-17H2,1-3H3/t19-/m1/s1. The fourth-order valence-corrected chi connectivity index (χ4v) is 4.68. The minimum absolute atomic E-state index is 0.417. The number of ether oxygens (including phenoxy) is 3. The van der Waals surface area contributed by atoms with Crippen LogP contribution in [0.1, 0.15) is 18.4 Å². The summed E-state index contributed by atoms with van der Waals surface area (Å²) in [5.41, 5.74) is 1.78. The number of nitrogens with zero attached hydrogens (tertiary/aromatic N) is 2. The van der Waals surface area contributed by atoms with Gasteiger partial charge in [-0.2, -0.15) is 0 Å². The number of benzene rings is 1. The Bertz CT molecular complexity index is 541. The third-order valence-electron chi connectivity index (χ3n) is 6.28. The van der Waals surface area contributed by atoms with Crippen molar-refractivity contribution in [2.75, 3.05) is 67.3 Å². The van der Waals surface area contributed by atoms with E-state index in [-0.39, 0.29) is 0 Å². The summed E-state index contributed by atoms with van der Waals surface area (Å²) in [6.07, 6.45) is 2.53. The molecule has 0 aliphatic carbocycles. The van der Waals surface area contributed by atoms with Crippen molar-refractivity contribution in [3.63, 3.8) is 0 Å². The molecule has 0 N–H and O–H groups in total. The minimum atomic E-state index is 0.417. The molecular formula is C21H34N2O3. The lowest BCUT2D eigenvalue weighted by Crippen LogP contribution is -2.45. The first-order chi connectivity index (χ1) is 12.7. The Morgan fingerprint density at radius 1 is 1.00 bits per heavy atom. The summed E-state index contributed by atoms with van der Waals surface area (Å²) in [7, 11) is 5.34. The van der Waals surface area contributed by atoms with Crippen LogP contribution in [0.2, 0.25) is 0 Å². The maximum atomic E-state index is 5.57. The summed E-state index contributed by atoms with van der Waals surface area (Å²) in [6, 6.07) is 8.47. The van der Waals surface area contributed by atoms with Gasteiger partial charge in [0.2, 0.25) is 0 Å². The van der Waals surface area contributed by atoms with E-state index < -0.39 is 0 Å². The first-order valence-electron chi connectivity index (χ1n) is 9.74. The van der Waals surface area contributed by atoms with Crippen LogP contribution in [0.5, 0.6) is 5.75 Å². The molecule has 1 aromatic carbocycles. The molecule has 2 fully saturated rings. The van der Waals surface area contributed by atoms with Gasteiger partial charge in [0, 0.05) is 46.3 Å². The summed E-state index contributed by atoms with van der Waals surface area (Å²) in [6.45, 7) is 8.45. The molecule has 2 aliphatic heterocycles. The molecule has 0 unspecified atom stereocenters. The zero-order valence-electron chi connectivity index (χ0n) is 16.6. The number of methoxy groups -OCH3 is 3. The molecule has 2 heterocycles. The van der Waals surface area contributed by atoms with Crippen LogP contribution in [-0.4, -0.2) is 77.1 Å². The average molecular weight is 363 g/mol. The van der Waals surface area contributed by atoms with Crippen LogP contribution in [0.4, 0.5) is 0 Å². The molecule has 0 saturated carbocycles. The van der Waals surface area contributed by atoms with E-state index in [1.54, 1.807) is 14.2 Å². The topological polar surface area (TPSA) is 34.2 Å². The van der Waals surface area contributed by atoms with E-state index in [0.717, 1.165) is 38.6 Å². The first kappa shape index (κ1) is 19.6. The van der Waals surface area contributed by atoms with Crippen LogP contribution in [0, 0.1) is 11.3 Å². The highest BCUT2D eigenvalue weighted by molar-refractivity contribution is 5.27. The fourth-order valence-electron chi connectivity index (χ4n) is 4.68. The third kappa shape index (κ3) is 4.58. The van der Waals surface area contributed by atoms with Crippen molar-refractivity contribution in [2.45, 2.75) is 19.4 Å². The quantitative estimate of drug-likeness (QED) is 0.710. The van der Waals surface area contributed by atoms with E-state index in [9.17, 15) is 0 Å². The van der Waals surface area contributed by atoms with Crippen LogP contribution in [0.25, 0.3) is 0 Å². The van der Waals surface area contributed by atoms with E-state index >= 15 is 0 Å². The predicted molar refractivity (Wildman–Crippen MR) is 104 cm³/mol. The molecule has 5 heteroatoms. The van der Waals surface area contributed by atoms with E-state index in [1.807, 2.05) is 7.11 Å². The molecule has 0 bridgehead atoms. The molecule has 0 radical (unpaired) electrons. The molecule has 146 valence electrons. The van der Waals surface area contributed by atoms with Gasteiger partial charge in [-0.15, -0.1) is 0 Å². The van der Waals surface area contributed by atoms with E-state index in [1.165, 1.54) is 38.0 Å². The third-order valence-corrected chi connectivity index (χ3v) is 6.28. The minimum Gasteiger partial charge on any atom is -0.497 e. The molecule has 2 saturated heterocycles. The summed E-state index contributed by atoms with van der Waals surface area (Å²) in [4.78, 5) is 5.17. The van der Waals surface area contributed by atoms with Crippen LogP contribution < -0.4 is 4.74 Å². The SMILES string of the molecule is COCCN1C[C@H](COC)C2(CCN(Cc3ccc(OC)cc3)CC2)C1. The second-order valence-electron chi connectivity index (χ2n) is 7.87.